The van der Waals surface area contributed by atoms with E-state index in [2.05, 4.69) is 5.32 Å². The first-order valence-electron chi connectivity index (χ1n) is 5.34. The summed E-state index contributed by atoms with van der Waals surface area (Å²) < 4.78 is 1.92. The van der Waals surface area contributed by atoms with Crippen LogP contribution in [-0.4, -0.2) is 15.6 Å². The quantitative estimate of drug-likeness (QED) is 0.842. The number of rotatable bonds is 3. The van der Waals surface area contributed by atoms with Crippen LogP contribution in [0.25, 0.3) is 0 Å². The second-order valence-electron chi connectivity index (χ2n) is 3.89. The minimum Gasteiger partial charge on any atom is -0.507 e. The van der Waals surface area contributed by atoms with E-state index in [1.807, 2.05) is 30.1 Å². The average molecular weight is 230 g/mol. The van der Waals surface area contributed by atoms with E-state index in [4.69, 9.17) is 0 Å². The van der Waals surface area contributed by atoms with Crippen molar-refractivity contribution < 1.29 is 9.90 Å². The van der Waals surface area contributed by atoms with Gasteiger partial charge in [-0.05, 0) is 23.8 Å². The van der Waals surface area contributed by atoms with Crippen LogP contribution < -0.4 is 5.32 Å². The summed E-state index contributed by atoms with van der Waals surface area (Å²) in [5.41, 5.74) is 1.32. The van der Waals surface area contributed by atoms with Gasteiger partial charge < -0.3 is 15.0 Å². The number of phenols is 1. The normalized spacial score (nSPS) is 10.2. The monoisotopic (exact) mass is 230 g/mol. The van der Waals surface area contributed by atoms with E-state index in [-0.39, 0.29) is 11.7 Å². The minimum atomic E-state index is -0.271. The van der Waals surface area contributed by atoms with Gasteiger partial charge in [-0.2, -0.15) is 0 Å². The van der Waals surface area contributed by atoms with Crippen molar-refractivity contribution in [3.05, 3.63) is 53.9 Å². The Balaban J connectivity index is 2.01. The Bertz CT molecular complexity index is 532. The highest BCUT2D eigenvalue weighted by molar-refractivity contribution is 5.96. The summed E-state index contributed by atoms with van der Waals surface area (Å²) in [6.45, 7) is 0.452. The number of aryl methyl sites for hydroxylation is 1. The first-order valence-corrected chi connectivity index (χ1v) is 5.34. The zero-order valence-electron chi connectivity index (χ0n) is 9.55. The van der Waals surface area contributed by atoms with Crippen LogP contribution in [0, 0.1) is 0 Å². The van der Waals surface area contributed by atoms with Crippen LogP contribution >= 0.6 is 0 Å². The summed E-state index contributed by atoms with van der Waals surface area (Å²) in [5, 5.41) is 12.3. The van der Waals surface area contributed by atoms with E-state index in [1.54, 1.807) is 18.2 Å². The van der Waals surface area contributed by atoms with Gasteiger partial charge in [-0.1, -0.05) is 12.1 Å². The lowest BCUT2D eigenvalue weighted by Gasteiger charge is -2.05. The van der Waals surface area contributed by atoms with Crippen LogP contribution in [0.5, 0.6) is 5.75 Å². The molecule has 0 fully saturated rings. The fourth-order valence-electron chi connectivity index (χ4n) is 1.61. The number of carbonyl (C=O) groups excluding carboxylic acids is 1. The summed E-state index contributed by atoms with van der Waals surface area (Å²) in [6, 6.07) is 8.43. The maximum atomic E-state index is 11.8. The van der Waals surface area contributed by atoms with Gasteiger partial charge in [-0.25, -0.2) is 0 Å². The molecular weight excluding hydrogens is 216 g/mol. The molecule has 2 N–H and O–H groups in total. The van der Waals surface area contributed by atoms with Crippen molar-refractivity contribution in [3.8, 4) is 5.75 Å². The average Bonchev–Trinajstić information content (AvgIpc) is 2.73. The van der Waals surface area contributed by atoms with E-state index in [0.29, 0.717) is 12.1 Å². The molecule has 0 spiro atoms. The third-order valence-corrected chi connectivity index (χ3v) is 2.49. The molecule has 0 saturated carbocycles. The molecule has 4 nitrogen and oxygen atoms in total. The Morgan fingerprint density at radius 1 is 1.35 bits per heavy atom. The summed E-state index contributed by atoms with van der Waals surface area (Å²) in [5.74, 6) is -0.273. The van der Waals surface area contributed by atoms with Gasteiger partial charge in [0.25, 0.3) is 5.91 Å². The SMILES string of the molecule is Cn1ccc(CNC(=O)c2ccccc2O)c1. The predicted molar refractivity (Wildman–Crippen MR) is 64.7 cm³/mol. The molecule has 88 valence electrons. The number of nitrogens with one attached hydrogen (secondary N) is 1. The van der Waals surface area contributed by atoms with Crippen LogP contribution in [0.1, 0.15) is 15.9 Å². The Hall–Kier alpha value is -2.23. The highest BCUT2D eigenvalue weighted by Crippen LogP contribution is 2.15. The lowest BCUT2D eigenvalue weighted by atomic mass is 10.2. The summed E-state index contributed by atoms with van der Waals surface area (Å²) in [4.78, 5) is 11.8. The fraction of sp³-hybridized carbons (Fsp3) is 0.154. The maximum absolute atomic E-state index is 11.8. The highest BCUT2D eigenvalue weighted by Gasteiger charge is 2.09. The molecule has 1 aromatic carbocycles. The van der Waals surface area contributed by atoms with E-state index < -0.39 is 0 Å². The number of aromatic hydroxyl groups is 1. The second kappa shape index (κ2) is 4.74. The molecule has 1 amide bonds. The molecule has 0 bridgehead atoms. The van der Waals surface area contributed by atoms with Gasteiger partial charge in [0.05, 0.1) is 5.56 Å². The van der Waals surface area contributed by atoms with Gasteiger partial charge >= 0.3 is 0 Å². The Labute approximate surface area is 99.5 Å². The molecule has 0 unspecified atom stereocenters. The Morgan fingerprint density at radius 3 is 2.76 bits per heavy atom. The van der Waals surface area contributed by atoms with E-state index in [9.17, 15) is 9.90 Å². The van der Waals surface area contributed by atoms with Crippen LogP contribution in [0.2, 0.25) is 0 Å². The molecule has 4 heteroatoms. The lowest BCUT2D eigenvalue weighted by Crippen LogP contribution is -2.22. The van der Waals surface area contributed by atoms with Crippen molar-refractivity contribution >= 4 is 5.91 Å². The van der Waals surface area contributed by atoms with E-state index in [1.165, 1.54) is 6.07 Å². The van der Waals surface area contributed by atoms with Gasteiger partial charge in [0.2, 0.25) is 0 Å². The minimum absolute atomic E-state index is 0.00179. The van der Waals surface area contributed by atoms with Crippen LogP contribution in [0.4, 0.5) is 0 Å². The van der Waals surface area contributed by atoms with Crippen molar-refractivity contribution in [1.29, 1.82) is 0 Å². The zero-order chi connectivity index (χ0) is 12.3. The van der Waals surface area contributed by atoms with Crippen LogP contribution in [0.3, 0.4) is 0 Å². The first kappa shape index (κ1) is 11.3. The molecule has 0 radical (unpaired) electrons. The molecule has 17 heavy (non-hydrogen) atoms. The summed E-state index contributed by atoms with van der Waals surface area (Å²) in [6.07, 6.45) is 3.85. The van der Waals surface area contributed by atoms with Crippen molar-refractivity contribution in [3.63, 3.8) is 0 Å². The van der Waals surface area contributed by atoms with Gasteiger partial charge in [0.15, 0.2) is 0 Å². The molecule has 1 heterocycles. The number of phenolic OH excluding ortho intramolecular Hbond substituents is 1. The molecule has 0 aliphatic carbocycles. The number of nitrogens with zero attached hydrogens (tertiary/aromatic N) is 1. The number of hydrogen-bond donors (Lipinski definition) is 2. The number of aromatic nitrogens is 1. The van der Waals surface area contributed by atoms with Gasteiger partial charge in [-0.3, -0.25) is 4.79 Å². The number of benzene rings is 1. The molecule has 0 atom stereocenters. The number of carbonyl (C=O) groups is 1. The summed E-state index contributed by atoms with van der Waals surface area (Å²) in [7, 11) is 1.92. The van der Waals surface area contributed by atoms with Gasteiger partial charge in [-0.15, -0.1) is 0 Å². The summed E-state index contributed by atoms with van der Waals surface area (Å²) >= 11 is 0. The number of amides is 1. The fourth-order valence-corrected chi connectivity index (χ4v) is 1.61. The lowest BCUT2D eigenvalue weighted by molar-refractivity contribution is 0.0948. The molecule has 2 aromatic rings. The molecule has 2 rings (SSSR count). The van der Waals surface area contributed by atoms with Crippen molar-refractivity contribution in [1.82, 2.24) is 9.88 Å². The Kier molecular flexibility index (Phi) is 3.14. The van der Waals surface area contributed by atoms with E-state index in [0.717, 1.165) is 5.56 Å². The molecule has 1 aromatic heterocycles. The number of para-hydroxylation sites is 1. The smallest absolute Gasteiger partial charge is 0.255 e. The molecule has 0 saturated heterocycles. The number of hydrogen-bond acceptors (Lipinski definition) is 2. The maximum Gasteiger partial charge on any atom is 0.255 e. The third kappa shape index (κ3) is 2.66. The van der Waals surface area contributed by atoms with Crippen molar-refractivity contribution in [2.75, 3.05) is 0 Å². The van der Waals surface area contributed by atoms with Crippen LogP contribution in [0.15, 0.2) is 42.7 Å². The van der Waals surface area contributed by atoms with Crippen molar-refractivity contribution in [2.24, 2.45) is 7.05 Å². The highest BCUT2D eigenvalue weighted by atomic mass is 16.3. The molecule has 0 aliphatic heterocycles. The topological polar surface area (TPSA) is 54.3 Å². The molecular formula is C13H14N2O2. The molecule has 0 aliphatic rings. The third-order valence-electron chi connectivity index (χ3n) is 2.49. The zero-order valence-corrected chi connectivity index (χ0v) is 9.55. The predicted octanol–water partition coefficient (Wildman–Crippen LogP) is 1.66. The first-order chi connectivity index (χ1) is 8.16. The van der Waals surface area contributed by atoms with Gasteiger partial charge in [0.1, 0.15) is 5.75 Å². The van der Waals surface area contributed by atoms with E-state index >= 15 is 0 Å². The van der Waals surface area contributed by atoms with Gasteiger partial charge in [0, 0.05) is 26.0 Å². The second-order valence-corrected chi connectivity index (χ2v) is 3.89. The standard InChI is InChI=1S/C13H14N2O2/c1-15-7-6-10(9-15)8-14-13(17)11-4-2-3-5-12(11)16/h2-7,9,16H,8H2,1H3,(H,14,17). The Morgan fingerprint density at radius 2 is 2.12 bits per heavy atom. The van der Waals surface area contributed by atoms with Crippen LogP contribution in [-0.2, 0) is 13.6 Å². The van der Waals surface area contributed by atoms with Crippen molar-refractivity contribution in [2.45, 2.75) is 6.54 Å². The largest absolute Gasteiger partial charge is 0.507 e.